The number of anilines is 1. The van der Waals surface area contributed by atoms with Crippen LogP contribution in [-0.4, -0.2) is 39.3 Å². The third-order valence-electron chi connectivity index (χ3n) is 3.79. The van der Waals surface area contributed by atoms with Gasteiger partial charge in [-0.1, -0.05) is 36.1 Å². The van der Waals surface area contributed by atoms with Crippen LogP contribution in [0.15, 0.2) is 53.4 Å². The molecule has 1 aliphatic heterocycles. The largest absolute Gasteiger partial charge is 0.508 e. The molecule has 0 aliphatic carbocycles. The zero-order chi connectivity index (χ0) is 20.1. The number of hydrogen-bond acceptors (Lipinski definition) is 6. The molecule has 3 rings (SSSR count). The van der Waals surface area contributed by atoms with Gasteiger partial charge in [0.15, 0.2) is 0 Å². The number of aromatic hydroxyl groups is 1. The van der Waals surface area contributed by atoms with Crippen molar-refractivity contribution in [2.24, 2.45) is 0 Å². The summed E-state index contributed by atoms with van der Waals surface area (Å²) in [5.41, 5.74) is 1.29. The lowest BCUT2D eigenvalue weighted by Crippen LogP contribution is -2.36. The summed E-state index contributed by atoms with van der Waals surface area (Å²) >= 11 is 6.38. The maximum absolute atomic E-state index is 12.6. The molecule has 6 nitrogen and oxygen atoms in total. The molecule has 1 fully saturated rings. The van der Waals surface area contributed by atoms with Crippen molar-refractivity contribution in [3.8, 4) is 11.5 Å². The van der Waals surface area contributed by atoms with Crippen molar-refractivity contribution in [2.75, 3.05) is 18.5 Å². The maximum Gasteiger partial charge on any atom is 0.266 e. The number of amides is 2. The topological polar surface area (TPSA) is 78.9 Å². The number of carbonyl (C=O) groups is 2. The first-order valence-corrected chi connectivity index (χ1v) is 9.76. The molecule has 1 heterocycles. The smallest absolute Gasteiger partial charge is 0.266 e. The standard InChI is InChI=1S/C20H18N2O4S2/c1-2-26-16-8-6-14(7-9-16)21-18(24)12-22-19(25)17(28-20(22)27)11-13-4-3-5-15(23)10-13/h3-11,23H,2,12H2,1H3,(H,21,24)/b17-11-. The Hall–Kier alpha value is -2.84. The zero-order valence-electron chi connectivity index (χ0n) is 15.0. The predicted octanol–water partition coefficient (Wildman–Crippen LogP) is 3.63. The summed E-state index contributed by atoms with van der Waals surface area (Å²) in [7, 11) is 0. The number of rotatable bonds is 6. The minimum absolute atomic E-state index is 0.110. The van der Waals surface area contributed by atoms with Crippen LogP contribution in [0.2, 0.25) is 0 Å². The molecule has 8 heteroatoms. The molecular formula is C20H18N2O4S2. The Morgan fingerprint density at radius 1 is 1.29 bits per heavy atom. The van der Waals surface area contributed by atoms with Crippen molar-refractivity contribution < 1.29 is 19.4 Å². The van der Waals surface area contributed by atoms with Crippen LogP contribution in [0, 0.1) is 0 Å². The zero-order valence-corrected chi connectivity index (χ0v) is 16.7. The molecule has 1 aliphatic rings. The summed E-state index contributed by atoms with van der Waals surface area (Å²) in [5, 5.41) is 12.3. The van der Waals surface area contributed by atoms with Crippen LogP contribution in [0.25, 0.3) is 6.08 Å². The minimum Gasteiger partial charge on any atom is -0.508 e. The van der Waals surface area contributed by atoms with Crippen molar-refractivity contribution in [2.45, 2.75) is 6.92 Å². The van der Waals surface area contributed by atoms with E-state index in [0.717, 1.165) is 17.5 Å². The number of thiocarbonyl (C=S) groups is 1. The Morgan fingerprint density at radius 2 is 2.04 bits per heavy atom. The quantitative estimate of drug-likeness (QED) is 0.555. The van der Waals surface area contributed by atoms with E-state index in [4.69, 9.17) is 17.0 Å². The molecule has 144 valence electrons. The van der Waals surface area contributed by atoms with Crippen molar-refractivity contribution in [3.05, 3.63) is 59.0 Å². The van der Waals surface area contributed by atoms with Gasteiger partial charge in [-0.3, -0.25) is 14.5 Å². The van der Waals surface area contributed by atoms with Crippen LogP contribution < -0.4 is 10.1 Å². The SMILES string of the molecule is CCOc1ccc(NC(=O)CN2C(=O)/C(=C/c3cccc(O)c3)SC2=S)cc1. The van der Waals surface area contributed by atoms with E-state index in [1.165, 1.54) is 4.90 Å². The Kier molecular flexibility index (Phi) is 6.33. The minimum atomic E-state index is -0.348. The highest BCUT2D eigenvalue weighted by Gasteiger charge is 2.33. The number of phenols is 1. The van der Waals surface area contributed by atoms with Gasteiger partial charge in [-0.25, -0.2) is 0 Å². The monoisotopic (exact) mass is 414 g/mol. The lowest BCUT2D eigenvalue weighted by molar-refractivity contribution is -0.126. The van der Waals surface area contributed by atoms with Gasteiger partial charge < -0.3 is 15.2 Å². The first-order valence-electron chi connectivity index (χ1n) is 8.53. The van der Waals surface area contributed by atoms with Crippen molar-refractivity contribution in [1.29, 1.82) is 0 Å². The Morgan fingerprint density at radius 3 is 2.71 bits per heavy atom. The third-order valence-corrected chi connectivity index (χ3v) is 5.17. The normalized spacial score (nSPS) is 15.2. The molecule has 0 saturated carbocycles. The molecule has 0 aromatic heterocycles. The summed E-state index contributed by atoms with van der Waals surface area (Å²) < 4.78 is 5.68. The number of benzene rings is 2. The average molecular weight is 415 g/mol. The fourth-order valence-electron chi connectivity index (χ4n) is 2.55. The van der Waals surface area contributed by atoms with Gasteiger partial charge >= 0.3 is 0 Å². The Balaban J connectivity index is 1.64. The highest BCUT2D eigenvalue weighted by Crippen LogP contribution is 2.32. The molecular weight excluding hydrogens is 396 g/mol. The van der Waals surface area contributed by atoms with Gasteiger partial charge in [0.1, 0.15) is 22.4 Å². The lowest BCUT2D eigenvalue weighted by atomic mass is 10.2. The van der Waals surface area contributed by atoms with Gasteiger partial charge in [-0.05, 0) is 55.0 Å². The highest BCUT2D eigenvalue weighted by molar-refractivity contribution is 8.26. The van der Waals surface area contributed by atoms with Crippen LogP contribution in [0.5, 0.6) is 11.5 Å². The van der Waals surface area contributed by atoms with Crippen LogP contribution >= 0.6 is 24.0 Å². The summed E-state index contributed by atoms with van der Waals surface area (Å²) in [4.78, 5) is 26.6. The number of carbonyl (C=O) groups excluding carboxylic acids is 2. The molecule has 2 amide bonds. The first-order chi connectivity index (χ1) is 13.5. The van der Waals surface area contributed by atoms with E-state index in [0.29, 0.717) is 27.1 Å². The molecule has 0 bridgehead atoms. The molecule has 1 saturated heterocycles. The van der Waals surface area contributed by atoms with Crippen LogP contribution in [-0.2, 0) is 9.59 Å². The average Bonchev–Trinajstić information content (AvgIpc) is 2.91. The van der Waals surface area contributed by atoms with E-state index in [2.05, 4.69) is 5.32 Å². The number of nitrogens with zero attached hydrogens (tertiary/aromatic N) is 1. The van der Waals surface area contributed by atoms with Gasteiger partial charge in [-0.2, -0.15) is 0 Å². The van der Waals surface area contributed by atoms with E-state index in [1.807, 2.05) is 6.92 Å². The van der Waals surface area contributed by atoms with Crippen molar-refractivity contribution in [3.63, 3.8) is 0 Å². The van der Waals surface area contributed by atoms with Gasteiger partial charge in [0.2, 0.25) is 5.91 Å². The maximum atomic E-state index is 12.6. The highest BCUT2D eigenvalue weighted by atomic mass is 32.2. The summed E-state index contributed by atoms with van der Waals surface area (Å²) in [6, 6.07) is 13.5. The molecule has 2 aromatic carbocycles. The number of hydrogen-bond donors (Lipinski definition) is 2. The molecule has 2 aromatic rings. The second-order valence-corrected chi connectivity index (χ2v) is 7.54. The molecule has 0 unspecified atom stereocenters. The first kappa shape index (κ1) is 19.9. The summed E-state index contributed by atoms with van der Waals surface area (Å²) in [6.45, 7) is 2.29. The number of thioether (sulfide) groups is 1. The van der Waals surface area contributed by atoms with E-state index in [1.54, 1.807) is 54.6 Å². The van der Waals surface area contributed by atoms with E-state index >= 15 is 0 Å². The number of nitrogens with one attached hydrogen (secondary N) is 1. The Labute approximate surface area is 172 Å². The van der Waals surface area contributed by atoms with Crippen LogP contribution in [0.4, 0.5) is 5.69 Å². The van der Waals surface area contributed by atoms with Gasteiger partial charge in [0.05, 0.1) is 11.5 Å². The van der Waals surface area contributed by atoms with Crippen molar-refractivity contribution >= 4 is 51.9 Å². The number of phenolic OH excluding ortho intramolecular Hbond substituents is 1. The van der Waals surface area contributed by atoms with E-state index in [-0.39, 0.29) is 24.1 Å². The second-order valence-electron chi connectivity index (χ2n) is 5.87. The predicted molar refractivity (Wildman–Crippen MR) is 114 cm³/mol. The third kappa shape index (κ3) is 4.90. The lowest BCUT2D eigenvalue weighted by Gasteiger charge is -2.14. The molecule has 2 N–H and O–H groups in total. The summed E-state index contributed by atoms with van der Waals surface area (Å²) in [6.07, 6.45) is 1.64. The number of ether oxygens (including phenoxy) is 1. The van der Waals surface area contributed by atoms with Crippen molar-refractivity contribution in [1.82, 2.24) is 4.90 Å². The van der Waals surface area contributed by atoms with Crippen LogP contribution in [0.3, 0.4) is 0 Å². The molecule has 28 heavy (non-hydrogen) atoms. The second kappa shape index (κ2) is 8.90. The van der Waals surface area contributed by atoms with Crippen LogP contribution in [0.1, 0.15) is 12.5 Å². The molecule has 0 radical (unpaired) electrons. The summed E-state index contributed by atoms with van der Waals surface area (Å²) in [5.74, 6) is 0.146. The Bertz CT molecular complexity index is 941. The molecule has 0 spiro atoms. The fourth-order valence-corrected chi connectivity index (χ4v) is 3.80. The molecule has 0 atom stereocenters. The van der Waals surface area contributed by atoms with E-state index in [9.17, 15) is 14.7 Å². The van der Waals surface area contributed by atoms with Gasteiger partial charge in [-0.15, -0.1) is 0 Å². The van der Waals surface area contributed by atoms with Gasteiger partial charge in [0.25, 0.3) is 5.91 Å². The van der Waals surface area contributed by atoms with Gasteiger partial charge in [0, 0.05) is 5.69 Å². The van der Waals surface area contributed by atoms with E-state index < -0.39 is 0 Å². The fraction of sp³-hybridized carbons (Fsp3) is 0.150.